The minimum absolute atomic E-state index is 0.0854. The summed E-state index contributed by atoms with van der Waals surface area (Å²) in [6.45, 7) is 6.66. The highest BCUT2D eigenvalue weighted by Gasteiger charge is 2.42. The van der Waals surface area contributed by atoms with Crippen LogP contribution in [-0.2, 0) is 9.59 Å². The molecule has 176 valence electrons. The maximum absolute atomic E-state index is 13.1. The molecule has 2 N–H and O–H groups in total. The first-order valence-electron chi connectivity index (χ1n) is 11.2. The molecular formula is C26H27N3O3S2. The SMILES string of the molecule is CCOc1ccc(NC(=O)CSC2=C(C#N)[C@@H](c3cccs3)C3=C(CC(C)(C)CC3=O)N2)cc1. The predicted octanol–water partition coefficient (Wildman–Crippen LogP) is 5.58. The highest BCUT2D eigenvalue weighted by molar-refractivity contribution is 8.03. The number of hydrogen-bond acceptors (Lipinski definition) is 7. The van der Waals surface area contributed by atoms with Crippen LogP contribution in [0.5, 0.6) is 5.75 Å². The number of ether oxygens (including phenoxy) is 1. The molecule has 1 aromatic heterocycles. The molecule has 0 unspecified atom stereocenters. The van der Waals surface area contributed by atoms with Crippen LogP contribution in [0.15, 0.2) is 63.7 Å². The van der Waals surface area contributed by atoms with Gasteiger partial charge in [-0.05, 0) is 54.5 Å². The number of rotatable bonds is 7. The van der Waals surface area contributed by atoms with Gasteiger partial charge in [0.15, 0.2) is 5.78 Å². The summed E-state index contributed by atoms with van der Waals surface area (Å²) in [5, 5.41) is 18.9. The van der Waals surface area contributed by atoms with Gasteiger partial charge in [0, 0.05) is 28.3 Å². The number of amides is 1. The van der Waals surface area contributed by atoms with Crippen molar-refractivity contribution in [2.75, 3.05) is 17.7 Å². The first kappa shape index (κ1) is 24.1. The van der Waals surface area contributed by atoms with E-state index in [0.29, 0.717) is 34.9 Å². The lowest BCUT2D eigenvalue weighted by Gasteiger charge is -2.38. The van der Waals surface area contributed by atoms with Crippen LogP contribution in [0.2, 0.25) is 0 Å². The van der Waals surface area contributed by atoms with Gasteiger partial charge < -0.3 is 15.4 Å². The highest BCUT2D eigenvalue weighted by atomic mass is 32.2. The van der Waals surface area contributed by atoms with Crippen LogP contribution in [-0.4, -0.2) is 24.1 Å². The fourth-order valence-corrected chi connectivity index (χ4v) is 6.07. The molecule has 1 amide bonds. The molecule has 34 heavy (non-hydrogen) atoms. The predicted molar refractivity (Wildman–Crippen MR) is 137 cm³/mol. The quantitative estimate of drug-likeness (QED) is 0.523. The molecular weight excluding hydrogens is 466 g/mol. The van der Waals surface area contributed by atoms with Gasteiger partial charge >= 0.3 is 0 Å². The average molecular weight is 494 g/mol. The van der Waals surface area contributed by atoms with Crippen LogP contribution in [0.4, 0.5) is 5.69 Å². The van der Waals surface area contributed by atoms with Crippen molar-refractivity contribution < 1.29 is 14.3 Å². The molecule has 1 aliphatic carbocycles. The summed E-state index contributed by atoms with van der Waals surface area (Å²) in [5.41, 5.74) is 2.58. The van der Waals surface area contributed by atoms with Gasteiger partial charge in [0.1, 0.15) is 5.75 Å². The van der Waals surface area contributed by atoms with Crippen LogP contribution in [0.25, 0.3) is 0 Å². The van der Waals surface area contributed by atoms with Crippen molar-refractivity contribution in [1.82, 2.24) is 5.32 Å². The first-order chi connectivity index (χ1) is 16.3. The maximum Gasteiger partial charge on any atom is 0.234 e. The van der Waals surface area contributed by atoms with Gasteiger partial charge in [-0.2, -0.15) is 5.26 Å². The number of allylic oxidation sites excluding steroid dienone is 3. The molecule has 0 saturated heterocycles. The van der Waals surface area contributed by atoms with E-state index in [1.165, 1.54) is 11.8 Å². The van der Waals surface area contributed by atoms with Crippen molar-refractivity contribution in [1.29, 1.82) is 5.26 Å². The lowest BCUT2D eigenvalue weighted by Crippen LogP contribution is -2.36. The average Bonchev–Trinajstić information content (AvgIpc) is 3.32. The minimum atomic E-state index is -0.387. The lowest BCUT2D eigenvalue weighted by molar-refractivity contribution is -0.118. The second kappa shape index (κ2) is 10.1. The fraction of sp³-hybridized carbons (Fsp3) is 0.346. The zero-order chi connectivity index (χ0) is 24.3. The third-order valence-corrected chi connectivity index (χ3v) is 7.71. The van der Waals surface area contributed by atoms with Crippen LogP contribution < -0.4 is 15.4 Å². The number of nitriles is 1. The van der Waals surface area contributed by atoms with Gasteiger partial charge in [0.2, 0.25) is 5.91 Å². The molecule has 0 spiro atoms. The van der Waals surface area contributed by atoms with Crippen LogP contribution in [0, 0.1) is 16.7 Å². The number of thioether (sulfide) groups is 1. The summed E-state index contributed by atoms with van der Waals surface area (Å²) in [4.78, 5) is 26.8. The number of thiophene rings is 1. The van der Waals surface area contributed by atoms with Crippen LogP contribution in [0.1, 0.15) is 44.4 Å². The Bertz CT molecular complexity index is 1190. The summed E-state index contributed by atoms with van der Waals surface area (Å²) < 4.78 is 5.43. The molecule has 8 heteroatoms. The largest absolute Gasteiger partial charge is 0.494 e. The molecule has 0 bridgehead atoms. The zero-order valence-corrected chi connectivity index (χ0v) is 21.1. The summed E-state index contributed by atoms with van der Waals surface area (Å²) >= 11 is 2.84. The molecule has 2 aromatic rings. The fourth-order valence-electron chi connectivity index (χ4n) is 4.37. The van der Waals surface area contributed by atoms with Gasteiger partial charge in [-0.15, -0.1) is 11.3 Å². The molecule has 1 atom stereocenters. The van der Waals surface area contributed by atoms with Gasteiger partial charge in [-0.25, -0.2) is 0 Å². The Morgan fingerprint density at radius 1 is 1.29 bits per heavy atom. The monoisotopic (exact) mass is 493 g/mol. The number of carbonyl (C=O) groups excluding carboxylic acids is 2. The topological polar surface area (TPSA) is 91.2 Å². The van der Waals surface area contributed by atoms with E-state index in [9.17, 15) is 14.9 Å². The van der Waals surface area contributed by atoms with Crippen LogP contribution >= 0.6 is 23.1 Å². The zero-order valence-electron chi connectivity index (χ0n) is 19.4. The number of anilines is 1. The summed E-state index contributed by atoms with van der Waals surface area (Å²) in [5.74, 6) is 0.411. The summed E-state index contributed by atoms with van der Waals surface area (Å²) in [6, 6.07) is 13.5. The number of benzene rings is 1. The summed E-state index contributed by atoms with van der Waals surface area (Å²) in [7, 11) is 0. The Labute approximate surface area is 208 Å². The molecule has 6 nitrogen and oxygen atoms in total. The number of nitrogens with zero attached hydrogens (tertiary/aromatic N) is 1. The molecule has 0 saturated carbocycles. The Morgan fingerprint density at radius 3 is 2.71 bits per heavy atom. The van der Waals surface area contributed by atoms with Gasteiger partial charge in [-0.3, -0.25) is 9.59 Å². The number of ketones is 1. The molecule has 1 aliphatic heterocycles. The molecule has 1 aromatic carbocycles. The Balaban J connectivity index is 1.54. The van der Waals surface area contributed by atoms with Crippen molar-refractivity contribution in [2.45, 2.75) is 39.5 Å². The maximum atomic E-state index is 13.1. The second-order valence-corrected chi connectivity index (χ2v) is 11.0. The molecule has 0 radical (unpaired) electrons. The third-order valence-electron chi connectivity index (χ3n) is 5.75. The van der Waals surface area contributed by atoms with Crippen molar-refractivity contribution in [2.24, 2.45) is 5.41 Å². The van der Waals surface area contributed by atoms with E-state index in [4.69, 9.17) is 4.74 Å². The number of hydrogen-bond donors (Lipinski definition) is 2. The van der Waals surface area contributed by atoms with E-state index >= 15 is 0 Å². The summed E-state index contributed by atoms with van der Waals surface area (Å²) in [6.07, 6.45) is 1.18. The molecule has 4 rings (SSSR count). The van der Waals surface area contributed by atoms with E-state index < -0.39 is 0 Å². The van der Waals surface area contributed by atoms with Crippen molar-refractivity contribution >= 4 is 40.5 Å². The normalized spacial score (nSPS) is 19.2. The smallest absolute Gasteiger partial charge is 0.234 e. The highest BCUT2D eigenvalue weighted by Crippen LogP contribution is 2.48. The number of dihydropyridines is 1. The van der Waals surface area contributed by atoms with Crippen molar-refractivity contribution in [3.8, 4) is 11.8 Å². The van der Waals surface area contributed by atoms with Crippen molar-refractivity contribution in [3.05, 3.63) is 68.5 Å². The molecule has 2 heterocycles. The Kier molecular flexibility index (Phi) is 7.15. The van der Waals surface area contributed by atoms with E-state index in [0.717, 1.165) is 22.7 Å². The lowest BCUT2D eigenvalue weighted by atomic mass is 9.70. The first-order valence-corrected chi connectivity index (χ1v) is 13.0. The molecule has 2 aliphatic rings. The number of carbonyl (C=O) groups is 2. The van der Waals surface area contributed by atoms with E-state index in [1.807, 2.05) is 36.6 Å². The van der Waals surface area contributed by atoms with E-state index in [1.54, 1.807) is 23.5 Å². The number of nitrogens with one attached hydrogen (secondary N) is 2. The number of Topliss-reactive ketones (excluding diaryl/α,β-unsaturated/α-hetero) is 1. The third kappa shape index (κ3) is 5.21. The van der Waals surface area contributed by atoms with Crippen molar-refractivity contribution in [3.63, 3.8) is 0 Å². The Morgan fingerprint density at radius 2 is 2.06 bits per heavy atom. The van der Waals surface area contributed by atoms with Gasteiger partial charge in [-0.1, -0.05) is 31.7 Å². The molecule has 0 fully saturated rings. The van der Waals surface area contributed by atoms with E-state index in [2.05, 4.69) is 30.6 Å². The van der Waals surface area contributed by atoms with Gasteiger partial charge in [0.05, 0.1) is 34.9 Å². The van der Waals surface area contributed by atoms with Gasteiger partial charge in [0.25, 0.3) is 0 Å². The van der Waals surface area contributed by atoms with E-state index in [-0.39, 0.29) is 28.8 Å². The van der Waals surface area contributed by atoms with Crippen LogP contribution in [0.3, 0.4) is 0 Å². The second-order valence-electron chi connectivity index (χ2n) is 9.06. The standard InChI is InChI=1S/C26H27N3O3S2/c1-4-32-17-9-7-16(8-10-17)28-22(31)15-34-25-18(14-27)23(21-6-5-11-33-21)24-19(29-25)12-26(2,3)13-20(24)30/h5-11,23,29H,4,12-13,15H2,1-3H3,(H,28,31)/t23-/m0/s1. The Hall–Kier alpha value is -3.02. The minimum Gasteiger partial charge on any atom is -0.494 e.